The van der Waals surface area contributed by atoms with Crippen LogP contribution in [0.1, 0.15) is 24.8 Å². The van der Waals surface area contributed by atoms with E-state index in [9.17, 15) is 9.18 Å². The number of benzene rings is 1. The van der Waals surface area contributed by atoms with Crippen LogP contribution in [0.5, 0.6) is 0 Å². The van der Waals surface area contributed by atoms with E-state index in [1.807, 2.05) is 4.90 Å². The van der Waals surface area contributed by atoms with Crippen molar-refractivity contribution in [2.24, 2.45) is 5.41 Å². The van der Waals surface area contributed by atoms with Crippen molar-refractivity contribution in [3.8, 4) is 0 Å². The molecule has 0 aromatic heterocycles. The molecular weight excluding hydrogens is 289 g/mol. The molecule has 0 saturated carbocycles. The number of halogens is 1. The number of thiol groups is 1. The largest absolute Gasteiger partial charge is 0.381 e. The number of hydrogen-bond acceptors (Lipinski definition) is 3. The van der Waals surface area contributed by atoms with Crippen molar-refractivity contribution in [1.29, 1.82) is 0 Å². The predicted octanol–water partition coefficient (Wildman–Crippen LogP) is 2.83. The molecule has 0 radical (unpaired) electrons. The first-order valence-corrected chi connectivity index (χ1v) is 8.04. The van der Waals surface area contributed by atoms with E-state index in [4.69, 9.17) is 4.74 Å². The van der Waals surface area contributed by atoms with E-state index in [1.165, 1.54) is 6.07 Å². The molecule has 0 aliphatic carbocycles. The third-order valence-electron chi connectivity index (χ3n) is 4.62. The highest BCUT2D eigenvalue weighted by Crippen LogP contribution is 2.37. The van der Waals surface area contributed by atoms with Gasteiger partial charge in [-0.2, -0.15) is 12.6 Å². The molecule has 0 spiro atoms. The molecule has 0 N–H and O–H groups in total. The smallest absolute Gasteiger partial charge is 0.227 e. The molecule has 2 aliphatic rings. The van der Waals surface area contributed by atoms with Gasteiger partial charge in [-0.3, -0.25) is 4.79 Å². The number of carbonyl (C=O) groups is 1. The standard InChI is InChI=1S/C16H20FNO2S/c17-13-2-3-14-12(9-13)1-4-15(19)18(14)10-16(11-21)5-7-20-8-6-16/h2-3,9,21H,1,4-8,10-11H2. The average Bonchev–Trinajstić information content (AvgIpc) is 2.51. The molecule has 1 aromatic rings. The van der Waals surface area contributed by atoms with Gasteiger partial charge in [0.25, 0.3) is 0 Å². The Morgan fingerprint density at radius 1 is 1.29 bits per heavy atom. The second-order valence-electron chi connectivity index (χ2n) is 6.02. The van der Waals surface area contributed by atoms with Gasteiger partial charge in [-0.1, -0.05) is 0 Å². The molecule has 1 saturated heterocycles. The number of amides is 1. The molecule has 1 amide bonds. The number of fused-ring (bicyclic) bond motifs is 1. The van der Waals surface area contributed by atoms with Crippen molar-refractivity contribution in [1.82, 2.24) is 0 Å². The van der Waals surface area contributed by atoms with Gasteiger partial charge in [-0.05, 0) is 48.8 Å². The third kappa shape index (κ3) is 2.94. The van der Waals surface area contributed by atoms with Crippen LogP contribution in [0.3, 0.4) is 0 Å². The zero-order valence-corrected chi connectivity index (χ0v) is 12.9. The fourth-order valence-electron chi connectivity index (χ4n) is 3.21. The average molecular weight is 309 g/mol. The number of aryl methyl sites for hydroxylation is 1. The monoisotopic (exact) mass is 309 g/mol. The van der Waals surface area contributed by atoms with Crippen LogP contribution in [0, 0.1) is 11.2 Å². The van der Waals surface area contributed by atoms with Gasteiger partial charge >= 0.3 is 0 Å². The maximum Gasteiger partial charge on any atom is 0.227 e. The fourth-order valence-corrected chi connectivity index (χ4v) is 3.62. The third-order valence-corrected chi connectivity index (χ3v) is 5.29. The van der Waals surface area contributed by atoms with E-state index >= 15 is 0 Å². The highest BCUT2D eigenvalue weighted by molar-refractivity contribution is 7.80. The molecule has 0 atom stereocenters. The van der Waals surface area contributed by atoms with Gasteiger partial charge in [0.1, 0.15) is 5.82 Å². The Hall–Kier alpha value is -1.07. The Labute approximate surface area is 129 Å². The molecule has 3 nitrogen and oxygen atoms in total. The minimum absolute atomic E-state index is 0.0000170. The summed E-state index contributed by atoms with van der Waals surface area (Å²) < 4.78 is 18.8. The van der Waals surface area contributed by atoms with Gasteiger partial charge < -0.3 is 9.64 Å². The second kappa shape index (κ2) is 5.97. The van der Waals surface area contributed by atoms with E-state index in [0.717, 1.165) is 43.1 Å². The number of rotatable bonds is 3. The highest BCUT2D eigenvalue weighted by atomic mass is 32.1. The number of carbonyl (C=O) groups excluding carboxylic acids is 1. The maximum absolute atomic E-state index is 13.4. The molecular formula is C16H20FNO2S. The molecule has 1 aromatic carbocycles. The quantitative estimate of drug-likeness (QED) is 0.870. The van der Waals surface area contributed by atoms with Crippen molar-refractivity contribution in [3.05, 3.63) is 29.6 Å². The Balaban J connectivity index is 1.89. The number of ether oxygens (including phenoxy) is 1. The minimum atomic E-state index is -0.238. The molecule has 2 aliphatic heterocycles. The van der Waals surface area contributed by atoms with Gasteiger partial charge in [-0.25, -0.2) is 4.39 Å². The lowest BCUT2D eigenvalue weighted by atomic mass is 9.81. The molecule has 3 rings (SSSR count). The summed E-state index contributed by atoms with van der Waals surface area (Å²) in [5, 5.41) is 0. The van der Waals surface area contributed by atoms with Crippen LogP contribution in [-0.4, -0.2) is 31.4 Å². The molecule has 1 fully saturated rings. The number of anilines is 1. The van der Waals surface area contributed by atoms with Gasteiger partial charge in [0.15, 0.2) is 0 Å². The SMILES string of the molecule is O=C1CCc2cc(F)ccc2N1CC1(CS)CCOCC1. The lowest BCUT2D eigenvalue weighted by Gasteiger charge is -2.41. The summed E-state index contributed by atoms with van der Waals surface area (Å²) in [4.78, 5) is 14.2. The van der Waals surface area contributed by atoms with Crippen molar-refractivity contribution >= 4 is 24.2 Å². The van der Waals surface area contributed by atoms with Crippen LogP contribution in [0.15, 0.2) is 18.2 Å². The Morgan fingerprint density at radius 3 is 2.76 bits per heavy atom. The lowest BCUT2D eigenvalue weighted by molar-refractivity contribution is -0.119. The van der Waals surface area contributed by atoms with Crippen LogP contribution < -0.4 is 4.90 Å². The van der Waals surface area contributed by atoms with Gasteiger partial charge in [-0.15, -0.1) is 0 Å². The molecule has 0 bridgehead atoms. The molecule has 5 heteroatoms. The van der Waals surface area contributed by atoms with Crippen molar-refractivity contribution in [2.45, 2.75) is 25.7 Å². The van der Waals surface area contributed by atoms with Gasteiger partial charge in [0.2, 0.25) is 5.91 Å². The number of hydrogen-bond donors (Lipinski definition) is 1. The summed E-state index contributed by atoms with van der Waals surface area (Å²) in [6, 6.07) is 4.71. The summed E-state index contributed by atoms with van der Waals surface area (Å²) in [6.07, 6.45) is 2.91. The Morgan fingerprint density at radius 2 is 2.05 bits per heavy atom. The van der Waals surface area contributed by atoms with Crippen LogP contribution in [0.2, 0.25) is 0 Å². The van der Waals surface area contributed by atoms with E-state index in [-0.39, 0.29) is 17.1 Å². The first kappa shape index (κ1) is 14.9. The van der Waals surface area contributed by atoms with Crippen LogP contribution in [-0.2, 0) is 16.0 Å². The zero-order chi connectivity index (χ0) is 14.9. The molecule has 2 heterocycles. The summed E-state index contributed by atoms with van der Waals surface area (Å²) in [5.74, 6) is 0.621. The summed E-state index contributed by atoms with van der Waals surface area (Å²) in [5.41, 5.74) is 1.79. The summed E-state index contributed by atoms with van der Waals surface area (Å²) >= 11 is 4.51. The maximum atomic E-state index is 13.4. The molecule has 0 unspecified atom stereocenters. The summed E-state index contributed by atoms with van der Waals surface area (Å²) in [7, 11) is 0. The normalized spacial score (nSPS) is 21.2. The van der Waals surface area contributed by atoms with E-state index in [2.05, 4.69) is 12.6 Å². The van der Waals surface area contributed by atoms with Crippen LogP contribution >= 0.6 is 12.6 Å². The fraction of sp³-hybridized carbons (Fsp3) is 0.562. The van der Waals surface area contributed by atoms with Crippen LogP contribution in [0.25, 0.3) is 0 Å². The summed E-state index contributed by atoms with van der Waals surface area (Å²) in [6.45, 7) is 2.09. The minimum Gasteiger partial charge on any atom is -0.381 e. The Kier molecular flexibility index (Phi) is 4.22. The van der Waals surface area contributed by atoms with Gasteiger partial charge in [0, 0.05) is 37.3 Å². The van der Waals surface area contributed by atoms with Crippen molar-refractivity contribution < 1.29 is 13.9 Å². The van der Waals surface area contributed by atoms with E-state index < -0.39 is 0 Å². The molecule has 114 valence electrons. The van der Waals surface area contributed by atoms with E-state index in [0.29, 0.717) is 19.4 Å². The molecule has 21 heavy (non-hydrogen) atoms. The lowest BCUT2D eigenvalue weighted by Crippen LogP contribution is -2.47. The van der Waals surface area contributed by atoms with Crippen molar-refractivity contribution in [3.63, 3.8) is 0 Å². The topological polar surface area (TPSA) is 29.5 Å². The van der Waals surface area contributed by atoms with E-state index in [1.54, 1.807) is 12.1 Å². The van der Waals surface area contributed by atoms with Gasteiger partial charge in [0.05, 0.1) is 0 Å². The predicted molar refractivity (Wildman–Crippen MR) is 83.4 cm³/mol. The first-order chi connectivity index (χ1) is 10.1. The Bertz CT molecular complexity index is 543. The zero-order valence-electron chi connectivity index (χ0n) is 12.0. The second-order valence-corrected chi connectivity index (χ2v) is 6.34. The van der Waals surface area contributed by atoms with Crippen LogP contribution in [0.4, 0.5) is 10.1 Å². The first-order valence-electron chi connectivity index (χ1n) is 7.41. The number of nitrogens with zero attached hydrogens (tertiary/aromatic N) is 1. The highest BCUT2D eigenvalue weighted by Gasteiger charge is 2.36. The van der Waals surface area contributed by atoms with Crippen molar-refractivity contribution in [2.75, 3.05) is 30.4 Å².